The van der Waals surface area contributed by atoms with Crippen LogP contribution in [-0.2, 0) is 4.79 Å². The molecule has 1 rings (SSSR count). The first kappa shape index (κ1) is 11.6. The first-order valence-corrected chi connectivity index (χ1v) is 4.42. The Morgan fingerprint density at radius 3 is 2.47 bits per heavy atom. The topological polar surface area (TPSA) is 20.3 Å². The lowest BCUT2D eigenvalue weighted by Gasteiger charge is -2.20. The van der Waals surface area contributed by atoms with E-state index in [1.54, 1.807) is 0 Å². The fourth-order valence-electron chi connectivity index (χ4n) is 1.23. The van der Waals surface area contributed by atoms with Crippen molar-refractivity contribution >= 4 is 11.6 Å². The van der Waals surface area contributed by atoms with Crippen molar-refractivity contribution < 1.29 is 18.0 Å². The highest BCUT2D eigenvalue weighted by Gasteiger charge is 2.24. The van der Waals surface area contributed by atoms with Gasteiger partial charge in [-0.1, -0.05) is 12.1 Å². The first-order valence-electron chi connectivity index (χ1n) is 4.42. The Hall–Kier alpha value is -1.52. The number of amides is 1. The number of carbonyl (C=O) groups is 1. The van der Waals surface area contributed by atoms with Crippen molar-refractivity contribution in [3.05, 3.63) is 30.1 Å². The summed E-state index contributed by atoms with van der Waals surface area (Å²) >= 11 is 0. The maximum atomic E-state index is 13.2. The highest BCUT2D eigenvalue weighted by molar-refractivity contribution is 5.95. The van der Waals surface area contributed by atoms with E-state index in [2.05, 4.69) is 0 Å². The van der Waals surface area contributed by atoms with Crippen LogP contribution in [0.3, 0.4) is 0 Å². The number of rotatable bonds is 3. The van der Waals surface area contributed by atoms with Crippen LogP contribution in [0.5, 0.6) is 0 Å². The van der Waals surface area contributed by atoms with Gasteiger partial charge in [0.1, 0.15) is 5.82 Å². The molecule has 5 heteroatoms. The van der Waals surface area contributed by atoms with E-state index in [1.165, 1.54) is 25.1 Å². The Morgan fingerprint density at radius 2 is 2.00 bits per heavy atom. The van der Waals surface area contributed by atoms with Crippen LogP contribution in [0, 0.1) is 5.82 Å². The Labute approximate surface area is 85.3 Å². The summed E-state index contributed by atoms with van der Waals surface area (Å²) in [6, 6.07) is 5.33. The van der Waals surface area contributed by atoms with Gasteiger partial charge in [-0.25, -0.2) is 4.39 Å². The molecule has 0 saturated heterocycles. The van der Waals surface area contributed by atoms with Gasteiger partial charge in [0, 0.05) is 6.54 Å². The van der Waals surface area contributed by atoms with Crippen molar-refractivity contribution in [2.75, 3.05) is 11.4 Å². The molecule has 1 aromatic rings. The molecule has 0 saturated carbocycles. The molecule has 0 aliphatic carbocycles. The van der Waals surface area contributed by atoms with Gasteiger partial charge in [0.15, 0.2) is 0 Å². The number of halogens is 3. The maximum absolute atomic E-state index is 13.2. The average molecular weight is 217 g/mol. The van der Waals surface area contributed by atoms with Crippen molar-refractivity contribution in [1.82, 2.24) is 0 Å². The van der Waals surface area contributed by atoms with E-state index in [0.29, 0.717) is 0 Å². The van der Waals surface area contributed by atoms with Gasteiger partial charge >= 0.3 is 6.43 Å². The molecular formula is C10H10F3NO. The Balaban J connectivity index is 3.03. The molecule has 0 bridgehead atoms. The summed E-state index contributed by atoms with van der Waals surface area (Å²) in [4.78, 5) is 11.8. The number of alkyl halides is 2. The van der Waals surface area contributed by atoms with Crippen molar-refractivity contribution in [2.24, 2.45) is 0 Å². The third-order valence-electron chi connectivity index (χ3n) is 1.91. The van der Waals surface area contributed by atoms with Crippen LogP contribution in [0.4, 0.5) is 18.9 Å². The van der Waals surface area contributed by atoms with Gasteiger partial charge in [-0.3, -0.25) is 4.79 Å². The summed E-state index contributed by atoms with van der Waals surface area (Å²) in [6.45, 7) is 1.51. The molecule has 2 nitrogen and oxygen atoms in total. The van der Waals surface area contributed by atoms with E-state index in [4.69, 9.17) is 0 Å². The second-order valence-corrected chi connectivity index (χ2v) is 2.83. The minimum absolute atomic E-state index is 0.00407. The Morgan fingerprint density at radius 1 is 1.40 bits per heavy atom. The number of benzene rings is 1. The lowest BCUT2D eigenvalue weighted by atomic mass is 10.2. The second kappa shape index (κ2) is 4.82. The predicted octanol–water partition coefficient (Wildman–Crippen LogP) is 2.44. The van der Waals surface area contributed by atoms with Gasteiger partial charge in [0.2, 0.25) is 0 Å². The summed E-state index contributed by atoms with van der Waals surface area (Å²) in [5.74, 6) is -2.07. The van der Waals surface area contributed by atoms with Crippen LogP contribution >= 0.6 is 0 Å². The molecule has 0 radical (unpaired) electrons. The van der Waals surface area contributed by atoms with E-state index >= 15 is 0 Å². The van der Waals surface area contributed by atoms with E-state index in [-0.39, 0.29) is 12.2 Å². The van der Waals surface area contributed by atoms with Gasteiger partial charge in [-0.15, -0.1) is 0 Å². The zero-order valence-corrected chi connectivity index (χ0v) is 8.08. The number of hydrogen-bond donors (Lipinski definition) is 0. The van der Waals surface area contributed by atoms with Crippen LogP contribution in [-0.4, -0.2) is 18.9 Å². The third-order valence-corrected chi connectivity index (χ3v) is 1.91. The van der Waals surface area contributed by atoms with E-state index in [9.17, 15) is 18.0 Å². The second-order valence-electron chi connectivity index (χ2n) is 2.83. The highest BCUT2D eigenvalue weighted by Crippen LogP contribution is 2.19. The van der Waals surface area contributed by atoms with Gasteiger partial charge < -0.3 is 4.90 Å². The largest absolute Gasteiger partial charge is 0.316 e. The van der Waals surface area contributed by atoms with Crippen molar-refractivity contribution in [3.63, 3.8) is 0 Å². The number of carbonyl (C=O) groups excluding carboxylic acids is 1. The zero-order chi connectivity index (χ0) is 11.4. The summed E-state index contributed by atoms with van der Waals surface area (Å²) in [5, 5.41) is 0. The normalized spacial score (nSPS) is 10.5. The summed E-state index contributed by atoms with van der Waals surface area (Å²) < 4.78 is 37.5. The lowest BCUT2D eigenvalue weighted by molar-refractivity contribution is -0.128. The molecule has 0 aromatic heterocycles. The summed E-state index contributed by atoms with van der Waals surface area (Å²) in [5.41, 5.74) is -0.120. The highest BCUT2D eigenvalue weighted by atomic mass is 19.3. The van der Waals surface area contributed by atoms with Crippen molar-refractivity contribution in [2.45, 2.75) is 13.3 Å². The van der Waals surface area contributed by atoms with Crippen LogP contribution in [0.15, 0.2) is 24.3 Å². The zero-order valence-electron chi connectivity index (χ0n) is 8.08. The van der Waals surface area contributed by atoms with E-state index in [1.807, 2.05) is 0 Å². The number of anilines is 1. The molecule has 0 fully saturated rings. The van der Waals surface area contributed by atoms with Crippen LogP contribution in [0.25, 0.3) is 0 Å². The minimum atomic E-state index is -3.12. The molecule has 82 valence electrons. The van der Waals surface area contributed by atoms with Gasteiger partial charge in [-0.05, 0) is 19.1 Å². The van der Waals surface area contributed by atoms with E-state index in [0.717, 1.165) is 11.0 Å². The standard InChI is InChI=1S/C10H10F3NO/c1-2-14(10(15)9(12)13)8-6-4-3-5-7(8)11/h3-6,9H,2H2,1H3. The number of hydrogen-bond acceptors (Lipinski definition) is 1. The SMILES string of the molecule is CCN(C(=O)C(F)F)c1ccccc1F. The molecule has 1 amide bonds. The third kappa shape index (κ3) is 2.49. The predicted molar refractivity (Wildman–Crippen MR) is 50.4 cm³/mol. The van der Waals surface area contributed by atoms with Crippen LogP contribution in [0.2, 0.25) is 0 Å². The fourth-order valence-corrected chi connectivity index (χ4v) is 1.23. The summed E-state index contributed by atoms with van der Waals surface area (Å²) in [6.07, 6.45) is -3.12. The average Bonchev–Trinajstić information content (AvgIpc) is 2.21. The minimum Gasteiger partial charge on any atom is -0.305 e. The molecule has 1 aromatic carbocycles. The fraction of sp³-hybridized carbons (Fsp3) is 0.300. The lowest BCUT2D eigenvalue weighted by Crippen LogP contribution is -2.36. The molecule has 0 spiro atoms. The number of para-hydroxylation sites is 1. The molecule has 0 aliphatic heterocycles. The maximum Gasteiger partial charge on any atom is 0.316 e. The molecular weight excluding hydrogens is 207 g/mol. The van der Waals surface area contributed by atoms with Gasteiger partial charge in [0.25, 0.3) is 5.91 Å². The van der Waals surface area contributed by atoms with Gasteiger partial charge in [-0.2, -0.15) is 8.78 Å². The van der Waals surface area contributed by atoms with Crippen molar-refractivity contribution in [1.29, 1.82) is 0 Å². The molecule has 0 aliphatic rings. The molecule has 0 N–H and O–H groups in total. The number of nitrogens with zero attached hydrogens (tertiary/aromatic N) is 1. The molecule has 0 atom stereocenters. The molecule has 0 unspecified atom stereocenters. The smallest absolute Gasteiger partial charge is 0.305 e. The first-order chi connectivity index (χ1) is 7.07. The Bertz CT molecular complexity index is 354. The summed E-state index contributed by atoms with van der Waals surface area (Å²) in [7, 11) is 0. The molecule has 15 heavy (non-hydrogen) atoms. The quantitative estimate of drug-likeness (QED) is 0.761. The van der Waals surface area contributed by atoms with Gasteiger partial charge in [0.05, 0.1) is 5.69 Å². The van der Waals surface area contributed by atoms with E-state index < -0.39 is 18.1 Å². The van der Waals surface area contributed by atoms with Crippen LogP contribution in [0.1, 0.15) is 6.92 Å². The Kier molecular flexibility index (Phi) is 3.71. The van der Waals surface area contributed by atoms with Crippen molar-refractivity contribution in [3.8, 4) is 0 Å². The molecule has 0 heterocycles. The van der Waals surface area contributed by atoms with Crippen LogP contribution < -0.4 is 4.90 Å². The monoisotopic (exact) mass is 217 g/mol.